The van der Waals surface area contributed by atoms with Crippen LogP contribution in [0.5, 0.6) is 11.5 Å². The van der Waals surface area contributed by atoms with Crippen molar-refractivity contribution in [1.82, 2.24) is 4.57 Å². The van der Waals surface area contributed by atoms with E-state index in [-0.39, 0.29) is 18.3 Å². The van der Waals surface area contributed by atoms with Gasteiger partial charge in [-0.05, 0) is 115 Å². The summed E-state index contributed by atoms with van der Waals surface area (Å²) < 4.78 is 22.9. The van der Waals surface area contributed by atoms with Crippen molar-refractivity contribution in [3.05, 3.63) is 120 Å². The number of benzene rings is 3. The third-order valence-electron chi connectivity index (χ3n) is 6.71. The van der Waals surface area contributed by atoms with Crippen LogP contribution in [0.4, 0.5) is 0 Å². The molecular formula is C33H29BrI2N2O5S. The van der Waals surface area contributed by atoms with Gasteiger partial charge in [0.2, 0.25) is 0 Å². The molecule has 2 heterocycles. The number of halogens is 3. The summed E-state index contributed by atoms with van der Waals surface area (Å²) in [5, 5.41) is 0. The maximum atomic E-state index is 14.3. The molecule has 0 radical (unpaired) electrons. The fourth-order valence-corrected chi connectivity index (χ4v) is 8.22. The molecule has 0 unspecified atom stereocenters. The summed E-state index contributed by atoms with van der Waals surface area (Å²) in [4.78, 5) is 32.8. The Morgan fingerprint density at radius 3 is 2.57 bits per heavy atom. The maximum absolute atomic E-state index is 14.3. The second-order valence-electron chi connectivity index (χ2n) is 10.2. The lowest BCUT2D eigenvalue weighted by atomic mass is 9.95. The average molecular weight is 899 g/mol. The van der Waals surface area contributed by atoms with Crippen LogP contribution < -0.4 is 24.4 Å². The van der Waals surface area contributed by atoms with Crippen LogP contribution in [0.2, 0.25) is 0 Å². The predicted octanol–water partition coefficient (Wildman–Crippen LogP) is 7.14. The van der Waals surface area contributed by atoms with E-state index in [1.165, 1.54) is 11.3 Å². The molecule has 228 valence electrons. The van der Waals surface area contributed by atoms with Gasteiger partial charge in [0.25, 0.3) is 5.56 Å². The Bertz CT molecular complexity index is 1930. The number of carbonyl (C=O) groups excluding carboxylic acids is 1. The number of hydrogen-bond donors (Lipinski definition) is 0. The van der Waals surface area contributed by atoms with E-state index in [2.05, 4.69) is 61.1 Å². The Labute approximate surface area is 295 Å². The molecule has 4 aromatic rings. The average Bonchev–Trinajstić information content (AvgIpc) is 3.26. The molecule has 0 spiro atoms. The van der Waals surface area contributed by atoms with E-state index in [0.717, 1.165) is 22.7 Å². The van der Waals surface area contributed by atoms with E-state index >= 15 is 0 Å². The van der Waals surface area contributed by atoms with Gasteiger partial charge in [-0.3, -0.25) is 9.36 Å². The Balaban J connectivity index is 1.67. The fraction of sp³-hybridized carbons (Fsp3) is 0.242. The summed E-state index contributed by atoms with van der Waals surface area (Å²) in [5.74, 6) is 0.771. The van der Waals surface area contributed by atoms with E-state index in [0.29, 0.717) is 44.3 Å². The van der Waals surface area contributed by atoms with Gasteiger partial charge in [0.05, 0.1) is 32.1 Å². The number of aromatic nitrogens is 1. The molecule has 1 aromatic heterocycles. The van der Waals surface area contributed by atoms with Gasteiger partial charge in [-0.2, -0.15) is 0 Å². The topological polar surface area (TPSA) is 79.1 Å². The second-order valence-corrected chi connectivity index (χ2v) is 14.6. The molecule has 0 amide bonds. The Morgan fingerprint density at radius 2 is 1.86 bits per heavy atom. The highest BCUT2D eigenvalue weighted by molar-refractivity contribution is 14.1. The van der Waals surface area contributed by atoms with Crippen LogP contribution in [0.15, 0.2) is 86.2 Å². The van der Waals surface area contributed by atoms with Crippen molar-refractivity contribution in [2.45, 2.75) is 46.4 Å². The lowest BCUT2D eigenvalue weighted by Gasteiger charge is -2.26. The molecule has 0 bridgehead atoms. The largest absolute Gasteiger partial charge is 0.491 e. The number of ether oxygens (including phenoxy) is 3. The molecule has 7 nitrogen and oxygen atoms in total. The minimum Gasteiger partial charge on any atom is -0.491 e. The van der Waals surface area contributed by atoms with Gasteiger partial charge in [-0.1, -0.05) is 57.6 Å². The van der Waals surface area contributed by atoms with Crippen LogP contribution in [-0.4, -0.2) is 23.2 Å². The first kappa shape index (κ1) is 32.9. The number of rotatable bonds is 9. The normalized spacial score (nSPS) is 14.8. The first-order valence-corrected chi connectivity index (χ1v) is 17.7. The van der Waals surface area contributed by atoms with Gasteiger partial charge in [0, 0.05) is 19.2 Å². The number of hydrogen-bond acceptors (Lipinski definition) is 7. The van der Waals surface area contributed by atoms with Crippen molar-refractivity contribution in [2.24, 2.45) is 4.99 Å². The van der Waals surface area contributed by atoms with E-state index in [1.54, 1.807) is 18.4 Å². The molecule has 3 aromatic carbocycles. The highest BCUT2D eigenvalue weighted by Crippen LogP contribution is 2.36. The number of fused-ring (bicyclic) bond motifs is 1. The van der Waals surface area contributed by atoms with Crippen LogP contribution >= 0.6 is 72.4 Å². The van der Waals surface area contributed by atoms with E-state index < -0.39 is 12.0 Å². The lowest BCUT2D eigenvalue weighted by Crippen LogP contribution is -2.40. The van der Waals surface area contributed by atoms with Crippen molar-refractivity contribution in [3.63, 3.8) is 0 Å². The number of nitrogens with zero attached hydrogens (tertiary/aromatic N) is 2. The molecule has 0 fully saturated rings. The van der Waals surface area contributed by atoms with Crippen LogP contribution in [0, 0.1) is 7.14 Å². The van der Waals surface area contributed by atoms with E-state index in [4.69, 9.17) is 19.2 Å². The zero-order chi connectivity index (χ0) is 31.5. The third kappa shape index (κ3) is 7.15. The minimum atomic E-state index is -0.772. The summed E-state index contributed by atoms with van der Waals surface area (Å²) in [6.07, 6.45) is 1.74. The summed E-state index contributed by atoms with van der Waals surface area (Å²) in [6.45, 7) is 7.99. The number of thiazole rings is 1. The van der Waals surface area contributed by atoms with Gasteiger partial charge >= 0.3 is 5.97 Å². The highest BCUT2D eigenvalue weighted by atomic mass is 127. The molecule has 5 rings (SSSR count). The zero-order valence-electron chi connectivity index (χ0n) is 24.4. The SMILES string of the molecule is CCOC(=O)C1=C(C)N=c2s/c(=C\c3cc(I)cc(I)c3OCc3ccc(Br)cc3)c(=O)n2[C@@H]1c1ccccc1OC(C)C. The van der Waals surface area contributed by atoms with Crippen LogP contribution in [0.3, 0.4) is 0 Å². The van der Waals surface area contributed by atoms with Crippen molar-refractivity contribution in [1.29, 1.82) is 0 Å². The Morgan fingerprint density at radius 1 is 1.14 bits per heavy atom. The number of para-hydroxylation sites is 1. The second kappa shape index (κ2) is 14.3. The smallest absolute Gasteiger partial charge is 0.338 e. The van der Waals surface area contributed by atoms with Crippen LogP contribution in [0.25, 0.3) is 6.08 Å². The summed E-state index contributed by atoms with van der Waals surface area (Å²) in [7, 11) is 0. The molecule has 0 saturated carbocycles. The van der Waals surface area contributed by atoms with Gasteiger partial charge < -0.3 is 14.2 Å². The van der Waals surface area contributed by atoms with Gasteiger partial charge in [-0.15, -0.1) is 0 Å². The first-order chi connectivity index (χ1) is 21.1. The van der Waals surface area contributed by atoms with Gasteiger partial charge in [0.15, 0.2) is 4.80 Å². The van der Waals surface area contributed by atoms with Crippen LogP contribution in [0.1, 0.15) is 50.4 Å². The van der Waals surface area contributed by atoms with E-state index in [9.17, 15) is 9.59 Å². The van der Waals surface area contributed by atoms with Crippen molar-refractivity contribution < 1.29 is 19.0 Å². The molecule has 0 aliphatic carbocycles. The molecule has 0 saturated heterocycles. The zero-order valence-corrected chi connectivity index (χ0v) is 31.1. The monoisotopic (exact) mass is 898 g/mol. The Hall–Kier alpha value is -2.49. The number of allylic oxidation sites excluding steroid dienone is 1. The summed E-state index contributed by atoms with van der Waals surface area (Å²) in [6, 6.07) is 18.7. The summed E-state index contributed by atoms with van der Waals surface area (Å²) in [5.41, 5.74) is 3.05. The fourth-order valence-electron chi connectivity index (χ4n) is 4.87. The number of esters is 1. The van der Waals surface area contributed by atoms with Crippen molar-refractivity contribution in [3.8, 4) is 11.5 Å². The molecular weight excluding hydrogens is 870 g/mol. The lowest BCUT2D eigenvalue weighted by molar-refractivity contribution is -0.139. The molecule has 11 heteroatoms. The Kier molecular flexibility index (Phi) is 10.7. The molecule has 0 N–H and O–H groups in total. The third-order valence-corrected chi connectivity index (χ3v) is 9.65. The first-order valence-electron chi connectivity index (χ1n) is 13.9. The molecule has 1 aliphatic heterocycles. The van der Waals surface area contributed by atoms with E-state index in [1.807, 2.05) is 80.6 Å². The minimum absolute atomic E-state index is 0.109. The summed E-state index contributed by atoms with van der Waals surface area (Å²) >= 11 is 9.28. The highest BCUT2D eigenvalue weighted by Gasteiger charge is 2.35. The molecule has 1 aliphatic rings. The predicted molar refractivity (Wildman–Crippen MR) is 193 cm³/mol. The maximum Gasteiger partial charge on any atom is 0.338 e. The molecule has 1 atom stereocenters. The molecule has 44 heavy (non-hydrogen) atoms. The van der Waals surface area contributed by atoms with Gasteiger partial charge in [0.1, 0.15) is 24.1 Å². The quantitative estimate of drug-likeness (QED) is 0.132. The van der Waals surface area contributed by atoms with Crippen LogP contribution in [-0.2, 0) is 16.1 Å². The number of carbonyl (C=O) groups is 1. The standard InChI is InChI=1S/C33H29BrI2N2O5S/c1-5-41-32(40)28-19(4)37-33-38(29(28)24-8-6-7-9-26(24)43-18(2)3)31(39)27(44-33)15-21-14-23(35)16-25(36)30(21)42-17-20-10-12-22(34)13-11-20/h6-16,18,29H,5,17H2,1-4H3/b27-15-/t29-/m1/s1. The van der Waals surface area contributed by atoms with Crippen molar-refractivity contribution in [2.75, 3.05) is 6.61 Å². The van der Waals surface area contributed by atoms with Gasteiger partial charge in [-0.25, -0.2) is 9.79 Å². The van der Waals surface area contributed by atoms with Crippen molar-refractivity contribution >= 4 is 84.5 Å².